The van der Waals surface area contributed by atoms with Crippen LogP contribution in [0.4, 0.5) is 0 Å². The second-order valence-corrected chi connectivity index (χ2v) is 5.73. The molecule has 1 aromatic carbocycles. The molecule has 1 aromatic rings. The molecule has 0 aliphatic rings. The van der Waals surface area contributed by atoms with Crippen LogP contribution in [-0.2, 0) is 10.2 Å². The lowest BCUT2D eigenvalue weighted by Gasteiger charge is -2.32. The van der Waals surface area contributed by atoms with Crippen LogP contribution >= 0.6 is 0 Å². The van der Waals surface area contributed by atoms with Gasteiger partial charge in [0.1, 0.15) is 0 Å². The van der Waals surface area contributed by atoms with E-state index in [1.165, 1.54) is 12.8 Å². The number of hydrogen-bond donors (Lipinski definition) is 1. The molecule has 2 heteroatoms. The van der Waals surface area contributed by atoms with Crippen LogP contribution in [0.25, 0.3) is 0 Å². The molecular weight excluding hydrogens is 248 g/mol. The lowest BCUT2D eigenvalue weighted by molar-refractivity contribution is -0.145. The largest absolute Gasteiger partial charge is 0.481 e. The quantitative estimate of drug-likeness (QED) is 0.687. The Bertz CT molecular complexity index is 399. The van der Waals surface area contributed by atoms with E-state index < -0.39 is 11.4 Å². The molecule has 0 aromatic heterocycles. The van der Waals surface area contributed by atoms with Crippen molar-refractivity contribution in [1.82, 2.24) is 0 Å². The van der Waals surface area contributed by atoms with Gasteiger partial charge < -0.3 is 5.11 Å². The monoisotopic (exact) mass is 276 g/mol. The molecule has 20 heavy (non-hydrogen) atoms. The smallest absolute Gasteiger partial charge is 0.314 e. The van der Waals surface area contributed by atoms with Crippen LogP contribution in [0.3, 0.4) is 0 Å². The molecular formula is C18H28O2. The molecule has 0 spiro atoms. The minimum atomic E-state index is -0.727. The molecule has 0 saturated carbocycles. The maximum Gasteiger partial charge on any atom is 0.314 e. The maximum atomic E-state index is 12.0. The SMILES string of the molecule is CCCCC(CC)CC(CC)(C(=O)O)c1ccccc1. The Hall–Kier alpha value is -1.31. The highest BCUT2D eigenvalue weighted by Gasteiger charge is 2.39. The third-order valence-corrected chi connectivity index (χ3v) is 4.52. The van der Waals surface area contributed by atoms with E-state index in [-0.39, 0.29) is 0 Å². The van der Waals surface area contributed by atoms with E-state index in [1.807, 2.05) is 37.3 Å². The summed E-state index contributed by atoms with van der Waals surface area (Å²) in [6.07, 6.45) is 5.95. The highest BCUT2D eigenvalue weighted by molar-refractivity contribution is 5.81. The molecule has 1 N–H and O–H groups in total. The standard InChI is InChI=1S/C18H28O2/c1-4-7-11-15(5-2)14-18(6-3,17(19)20)16-12-9-8-10-13-16/h8-10,12-13,15H,4-7,11,14H2,1-3H3,(H,19,20). The average Bonchev–Trinajstić information content (AvgIpc) is 2.48. The third kappa shape index (κ3) is 3.84. The Balaban J connectivity index is 3.03. The maximum absolute atomic E-state index is 12.0. The number of carboxylic acid groups (broad SMARTS) is 1. The summed E-state index contributed by atoms with van der Waals surface area (Å²) in [5, 5.41) is 9.85. The van der Waals surface area contributed by atoms with Gasteiger partial charge in [-0.1, -0.05) is 76.8 Å². The molecule has 0 saturated heterocycles. The van der Waals surface area contributed by atoms with Gasteiger partial charge in [-0.25, -0.2) is 0 Å². The van der Waals surface area contributed by atoms with E-state index in [1.54, 1.807) is 0 Å². The van der Waals surface area contributed by atoms with Gasteiger partial charge in [-0.2, -0.15) is 0 Å². The predicted molar refractivity (Wildman–Crippen MR) is 84.0 cm³/mol. The van der Waals surface area contributed by atoms with Crippen molar-refractivity contribution in [2.75, 3.05) is 0 Å². The zero-order valence-corrected chi connectivity index (χ0v) is 13.1. The first-order valence-electron chi connectivity index (χ1n) is 7.89. The number of benzene rings is 1. The van der Waals surface area contributed by atoms with Crippen molar-refractivity contribution < 1.29 is 9.90 Å². The van der Waals surface area contributed by atoms with E-state index in [4.69, 9.17) is 0 Å². The van der Waals surface area contributed by atoms with E-state index >= 15 is 0 Å². The Morgan fingerprint density at radius 3 is 2.30 bits per heavy atom. The second-order valence-electron chi connectivity index (χ2n) is 5.73. The van der Waals surface area contributed by atoms with Crippen LogP contribution in [-0.4, -0.2) is 11.1 Å². The van der Waals surface area contributed by atoms with Gasteiger partial charge in [-0.05, 0) is 24.3 Å². The van der Waals surface area contributed by atoms with Crippen molar-refractivity contribution in [1.29, 1.82) is 0 Å². The van der Waals surface area contributed by atoms with Gasteiger partial charge in [0.05, 0.1) is 5.41 Å². The minimum absolute atomic E-state index is 0.492. The predicted octanol–water partition coefficient (Wildman–Crippen LogP) is 5.03. The molecule has 1 rings (SSSR count). The number of carbonyl (C=O) groups is 1. The van der Waals surface area contributed by atoms with E-state index in [0.717, 1.165) is 24.8 Å². The van der Waals surface area contributed by atoms with Gasteiger partial charge in [-0.3, -0.25) is 4.79 Å². The van der Waals surface area contributed by atoms with Crippen LogP contribution in [0.1, 0.15) is 64.9 Å². The fourth-order valence-corrected chi connectivity index (χ4v) is 3.02. The lowest BCUT2D eigenvalue weighted by Crippen LogP contribution is -2.37. The van der Waals surface area contributed by atoms with Crippen molar-refractivity contribution in [2.24, 2.45) is 5.92 Å². The van der Waals surface area contributed by atoms with Gasteiger partial charge in [-0.15, -0.1) is 0 Å². The molecule has 0 radical (unpaired) electrons. The number of aliphatic carboxylic acids is 1. The highest BCUT2D eigenvalue weighted by atomic mass is 16.4. The molecule has 2 atom stereocenters. The fraction of sp³-hybridized carbons (Fsp3) is 0.611. The molecule has 0 amide bonds. The van der Waals surface area contributed by atoms with Crippen LogP contribution in [0.2, 0.25) is 0 Å². The van der Waals surface area contributed by atoms with Crippen LogP contribution in [0.5, 0.6) is 0 Å². The zero-order chi connectivity index (χ0) is 15.0. The van der Waals surface area contributed by atoms with Crippen molar-refractivity contribution in [3.05, 3.63) is 35.9 Å². The number of unbranched alkanes of at least 4 members (excludes halogenated alkanes) is 1. The summed E-state index contributed by atoms with van der Waals surface area (Å²) < 4.78 is 0. The van der Waals surface area contributed by atoms with Crippen LogP contribution in [0, 0.1) is 5.92 Å². The third-order valence-electron chi connectivity index (χ3n) is 4.52. The molecule has 0 fully saturated rings. The van der Waals surface area contributed by atoms with Crippen molar-refractivity contribution in [2.45, 2.75) is 64.7 Å². The first-order valence-corrected chi connectivity index (χ1v) is 7.89. The van der Waals surface area contributed by atoms with Gasteiger partial charge in [0.2, 0.25) is 0 Å². The summed E-state index contributed by atoms with van der Waals surface area (Å²) >= 11 is 0. The first kappa shape index (κ1) is 16.7. The number of hydrogen-bond acceptors (Lipinski definition) is 1. The molecule has 2 unspecified atom stereocenters. The summed E-state index contributed by atoms with van der Waals surface area (Å²) in [6.45, 7) is 6.36. The Morgan fingerprint density at radius 2 is 1.85 bits per heavy atom. The zero-order valence-electron chi connectivity index (χ0n) is 13.1. The summed E-state index contributed by atoms with van der Waals surface area (Å²) in [5.74, 6) is -0.188. The summed E-state index contributed by atoms with van der Waals surface area (Å²) in [6, 6.07) is 9.75. The molecule has 0 bridgehead atoms. The number of rotatable bonds is 9. The van der Waals surface area contributed by atoms with Gasteiger partial charge in [0.25, 0.3) is 0 Å². The van der Waals surface area contributed by atoms with Gasteiger partial charge >= 0.3 is 5.97 Å². The topological polar surface area (TPSA) is 37.3 Å². The normalized spacial score (nSPS) is 15.6. The first-order chi connectivity index (χ1) is 9.60. The van der Waals surface area contributed by atoms with Crippen molar-refractivity contribution >= 4 is 5.97 Å². The summed E-state index contributed by atoms with van der Waals surface area (Å²) in [7, 11) is 0. The van der Waals surface area contributed by atoms with Crippen LogP contribution < -0.4 is 0 Å². The lowest BCUT2D eigenvalue weighted by atomic mass is 9.70. The fourth-order valence-electron chi connectivity index (χ4n) is 3.02. The average molecular weight is 276 g/mol. The van der Waals surface area contributed by atoms with Gasteiger partial charge in [0.15, 0.2) is 0 Å². The summed E-state index contributed by atoms with van der Waals surface area (Å²) in [4.78, 5) is 12.0. The second kappa shape index (κ2) is 8.08. The molecule has 112 valence electrons. The van der Waals surface area contributed by atoms with Crippen LogP contribution in [0.15, 0.2) is 30.3 Å². The Labute approximate surface area is 123 Å². The van der Waals surface area contributed by atoms with E-state index in [0.29, 0.717) is 12.3 Å². The molecule has 0 aliphatic heterocycles. The summed E-state index contributed by atoms with van der Waals surface area (Å²) in [5.41, 5.74) is 0.223. The molecule has 0 heterocycles. The molecule has 2 nitrogen and oxygen atoms in total. The highest BCUT2D eigenvalue weighted by Crippen LogP contribution is 2.37. The Kier molecular flexibility index (Phi) is 6.77. The van der Waals surface area contributed by atoms with Crippen molar-refractivity contribution in [3.8, 4) is 0 Å². The molecule has 0 aliphatic carbocycles. The minimum Gasteiger partial charge on any atom is -0.481 e. The number of carboxylic acids is 1. The van der Waals surface area contributed by atoms with Crippen molar-refractivity contribution in [3.63, 3.8) is 0 Å². The van der Waals surface area contributed by atoms with Gasteiger partial charge in [0, 0.05) is 0 Å². The Morgan fingerprint density at radius 1 is 1.20 bits per heavy atom. The van der Waals surface area contributed by atoms with E-state index in [9.17, 15) is 9.90 Å². The van der Waals surface area contributed by atoms with E-state index in [2.05, 4.69) is 13.8 Å².